The molecule has 0 aromatic rings. The highest BCUT2D eigenvalue weighted by atomic mass is 16.2. The second-order valence-electron chi connectivity index (χ2n) is 2.73. The van der Waals surface area contributed by atoms with Gasteiger partial charge < -0.3 is 10.6 Å². The summed E-state index contributed by atoms with van der Waals surface area (Å²) >= 11 is 0. The van der Waals surface area contributed by atoms with Crippen LogP contribution < -0.4 is 10.6 Å². The predicted octanol–water partition coefficient (Wildman–Crippen LogP) is -0.763. The fourth-order valence-electron chi connectivity index (χ4n) is 1.62. The number of rotatable bonds is 0. The number of hydrogen-bond donors (Lipinski definition) is 2. The molecule has 0 saturated carbocycles. The van der Waals surface area contributed by atoms with E-state index in [1.165, 1.54) is 0 Å². The van der Waals surface area contributed by atoms with Gasteiger partial charge in [0, 0.05) is 18.5 Å². The van der Waals surface area contributed by atoms with Gasteiger partial charge in [-0.2, -0.15) is 0 Å². The Kier molecular flexibility index (Phi) is 0.990. The van der Waals surface area contributed by atoms with Gasteiger partial charge in [-0.05, 0) is 13.0 Å². The molecule has 0 spiro atoms. The molecule has 3 heteroatoms. The minimum atomic E-state index is 0.206. The highest BCUT2D eigenvalue weighted by molar-refractivity contribution is 5.79. The zero-order chi connectivity index (χ0) is 6.27. The van der Waals surface area contributed by atoms with Gasteiger partial charge in [0.25, 0.3) is 0 Å². The molecule has 2 unspecified atom stereocenters. The summed E-state index contributed by atoms with van der Waals surface area (Å²) in [6.45, 7) is 1.07. The van der Waals surface area contributed by atoms with Crippen molar-refractivity contribution in [2.75, 3.05) is 6.54 Å². The number of fused-ring (bicyclic) bond motifs is 1. The van der Waals surface area contributed by atoms with E-state index in [1.807, 2.05) is 0 Å². The summed E-state index contributed by atoms with van der Waals surface area (Å²) in [6, 6.07) is 0.884. The smallest absolute Gasteiger partial charge is 0.221 e. The zero-order valence-electron chi connectivity index (χ0n) is 5.18. The van der Waals surface area contributed by atoms with Crippen LogP contribution >= 0.6 is 0 Å². The van der Waals surface area contributed by atoms with Gasteiger partial charge in [0.1, 0.15) is 0 Å². The van der Waals surface area contributed by atoms with Crippen LogP contribution in [0.15, 0.2) is 0 Å². The van der Waals surface area contributed by atoms with Gasteiger partial charge in [0.15, 0.2) is 0 Å². The van der Waals surface area contributed by atoms with E-state index < -0.39 is 0 Å². The fourth-order valence-corrected chi connectivity index (χ4v) is 1.62. The summed E-state index contributed by atoms with van der Waals surface area (Å²) in [6.07, 6.45) is 1.79. The maximum Gasteiger partial charge on any atom is 0.221 e. The lowest BCUT2D eigenvalue weighted by Gasteiger charge is -2.04. The molecule has 9 heavy (non-hydrogen) atoms. The van der Waals surface area contributed by atoms with Crippen LogP contribution in [0, 0.1) is 0 Å². The lowest BCUT2D eigenvalue weighted by molar-refractivity contribution is -0.119. The molecule has 2 aliphatic heterocycles. The van der Waals surface area contributed by atoms with Gasteiger partial charge in [0.2, 0.25) is 5.91 Å². The van der Waals surface area contributed by atoms with Crippen LogP contribution in [0.2, 0.25) is 0 Å². The average molecular weight is 126 g/mol. The number of nitrogens with one attached hydrogen (secondary N) is 2. The number of carbonyl (C=O) groups excluding carboxylic acids is 1. The summed E-state index contributed by atoms with van der Waals surface area (Å²) in [5.74, 6) is 0.206. The van der Waals surface area contributed by atoms with Crippen molar-refractivity contribution >= 4 is 5.91 Å². The Morgan fingerprint density at radius 2 is 2.33 bits per heavy atom. The Hall–Kier alpha value is -0.570. The van der Waals surface area contributed by atoms with E-state index in [9.17, 15) is 4.79 Å². The van der Waals surface area contributed by atoms with E-state index >= 15 is 0 Å². The second kappa shape index (κ2) is 1.70. The molecular weight excluding hydrogens is 116 g/mol. The van der Waals surface area contributed by atoms with Crippen LogP contribution in [0.5, 0.6) is 0 Å². The van der Waals surface area contributed by atoms with Crippen molar-refractivity contribution in [2.24, 2.45) is 0 Å². The van der Waals surface area contributed by atoms with E-state index in [4.69, 9.17) is 0 Å². The third-order valence-electron chi connectivity index (χ3n) is 2.10. The molecule has 1 amide bonds. The normalized spacial score (nSPS) is 40.7. The van der Waals surface area contributed by atoms with Gasteiger partial charge in [-0.1, -0.05) is 0 Å². The van der Waals surface area contributed by atoms with Crippen LogP contribution in [0.4, 0.5) is 0 Å². The van der Waals surface area contributed by atoms with Crippen molar-refractivity contribution < 1.29 is 4.79 Å². The van der Waals surface area contributed by atoms with Gasteiger partial charge in [-0.25, -0.2) is 0 Å². The Morgan fingerprint density at radius 1 is 1.44 bits per heavy atom. The van der Waals surface area contributed by atoms with Gasteiger partial charge in [-0.3, -0.25) is 4.79 Å². The monoisotopic (exact) mass is 126 g/mol. The molecule has 0 aliphatic carbocycles. The summed E-state index contributed by atoms with van der Waals surface area (Å²) in [7, 11) is 0. The molecule has 0 aromatic heterocycles. The molecule has 2 heterocycles. The second-order valence-corrected chi connectivity index (χ2v) is 2.73. The van der Waals surface area contributed by atoms with Crippen molar-refractivity contribution in [2.45, 2.75) is 24.9 Å². The van der Waals surface area contributed by atoms with Crippen molar-refractivity contribution in [1.82, 2.24) is 10.6 Å². The number of hydrogen-bond acceptors (Lipinski definition) is 2. The SMILES string of the molecule is O=C1CC2NCCC2N1. The third-order valence-corrected chi connectivity index (χ3v) is 2.10. The molecule has 50 valence electrons. The largest absolute Gasteiger partial charge is 0.352 e. The van der Waals surface area contributed by atoms with Crippen molar-refractivity contribution in [1.29, 1.82) is 0 Å². The summed E-state index contributed by atoms with van der Waals surface area (Å²) in [5.41, 5.74) is 0. The molecule has 2 saturated heterocycles. The van der Waals surface area contributed by atoms with Crippen LogP contribution in [0.1, 0.15) is 12.8 Å². The number of amides is 1. The Balaban J connectivity index is 2.09. The highest BCUT2D eigenvalue weighted by Crippen LogP contribution is 2.15. The molecule has 2 rings (SSSR count). The molecule has 2 N–H and O–H groups in total. The minimum absolute atomic E-state index is 0.206. The Bertz CT molecular complexity index is 132. The molecule has 2 aliphatic rings. The van der Waals surface area contributed by atoms with Crippen LogP contribution in [-0.4, -0.2) is 24.5 Å². The van der Waals surface area contributed by atoms with Crippen LogP contribution in [-0.2, 0) is 4.79 Å². The van der Waals surface area contributed by atoms with Crippen molar-refractivity contribution in [3.63, 3.8) is 0 Å². The topological polar surface area (TPSA) is 41.1 Å². The minimum Gasteiger partial charge on any atom is -0.352 e. The molecule has 0 bridgehead atoms. The van der Waals surface area contributed by atoms with Gasteiger partial charge in [0.05, 0.1) is 0 Å². The molecule has 2 fully saturated rings. The zero-order valence-corrected chi connectivity index (χ0v) is 5.18. The Morgan fingerprint density at radius 3 is 3.11 bits per heavy atom. The van der Waals surface area contributed by atoms with E-state index in [0.29, 0.717) is 18.5 Å². The summed E-state index contributed by atoms with van der Waals surface area (Å²) < 4.78 is 0. The standard InChI is InChI=1S/C6H10N2O/c9-6-3-5-4(8-6)1-2-7-5/h4-5,7H,1-3H2,(H,8,9). The third kappa shape index (κ3) is 0.721. The van der Waals surface area contributed by atoms with Crippen molar-refractivity contribution in [3.05, 3.63) is 0 Å². The molecule has 3 nitrogen and oxygen atoms in total. The lowest BCUT2D eigenvalue weighted by Crippen LogP contribution is -2.30. The maximum absolute atomic E-state index is 10.7. The quantitative estimate of drug-likeness (QED) is 0.448. The maximum atomic E-state index is 10.7. The molecular formula is C6H10N2O. The predicted molar refractivity (Wildman–Crippen MR) is 33.0 cm³/mol. The Labute approximate surface area is 53.8 Å². The first-order chi connectivity index (χ1) is 4.36. The number of carbonyl (C=O) groups is 1. The molecule has 0 radical (unpaired) electrons. The van der Waals surface area contributed by atoms with Gasteiger partial charge in [-0.15, -0.1) is 0 Å². The lowest BCUT2D eigenvalue weighted by atomic mass is 10.1. The molecule has 0 aromatic carbocycles. The highest BCUT2D eigenvalue weighted by Gasteiger charge is 2.35. The van der Waals surface area contributed by atoms with E-state index in [-0.39, 0.29) is 5.91 Å². The van der Waals surface area contributed by atoms with Gasteiger partial charge >= 0.3 is 0 Å². The van der Waals surface area contributed by atoms with E-state index in [0.717, 1.165) is 13.0 Å². The summed E-state index contributed by atoms with van der Waals surface area (Å²) in [4.78, 5) is 10.7. The van der Waals surface area contributed by atoms with Crippen molar-refractivity contribution in [3.8, 4) is 0 Å². The molecule has 2 atom stereocenters. The fraction of sp³-hybridized carbons (Fsp3) is 0.833. The van der Waals surface area contributed by atoms with Crippen LogP contribution in [0.3, 0.4) is 0 Å². The first kappa shape index (κ1) is 5.23. The van der Waals surface area contributed by atoms with Crippen LogP contribution in [0.25, 0.3) is 0 Å². The average Bonchev–Trinajstić information content (AvgIpc) is 2.22. The van der Waals surface area contributed by atoms with E-state index in [1.54, 1.807) is 0 Å². The first-order valence-corrected chi connectivity index (χ1v) is 3.39. The van der Waals surface area contributed by atoms with E-state index in [2.05, 4.69) is 10.6 Å². The first-order valence-electron chi connectivity index (χ1n) is 3.39. The summed E-state index contributed by atoms with van der Waals surface area (Å²) in [5, 5.41) is 6.18.